The fourth-order valence-corrected chi connectivity index (χ4v) is 5.47. The van der Waals surface area contributed by atoms with Crippen LogP contribution < -0.4 is 10.6 Å². The predicted molar refractivity (Wildman–Crippen MR) is 117 cm³/mol. The largest absolute Gasteiger partial charge is 0.301 e. The van der Waals surface area contributed by atoms with Crippen LogP contribution in [0.15, 0.2) is 30.3 Å². The molecule has 0 aliphatic heterocycles. The SMILES string of the molecule is CC(=O)Nc1nnc([C@@H]2CCC(Cc3nnc(NC(=O)Cc4ccccc4)s3)C2)s1. The number of carbonyl (C=O) groups excluding carboxylic acids is 2. The number of aromatic nitrogens is 4. The number of carbonyl (C=O) groups is 2. The van der Waals surface area contributed by atoms with Gasteiger partial charge >= 0.3 is 0 Å². The lowest BCUT2D eigenvalue weighted by Crippen LogP contribution is -2.14. The highest BCUT2D eigenvalue weighted by Crippen LogP contribution is 2.41. The van der Waals surface area contributed by atoms with Gasteiger partial charge in [0, 0.05) is 19.3 Å². The molecule has 1 saturated carbocycles. The minimum absolute atomic E-state index is 0.0870. The molecule has 2 N–H and O–H groups in total. The highest BCUT2D eigenvalue weighted by molar-refractivity contribution is 7.15. The molecular weight excluding hydrogens is 420 g/mol. The number of rotatable bonds is 7. The Kier molecular flexibility index (Phi) is 6.44. The maximum Gasteiger partial charge on any atom is 0.230 e. The zero-order chi connectivity index (χ0) is 20.9. The molecule has 30 heavy (non-hydrogen) atoms. The van der Waals surface area contributed by atoms with Gasteiger partial charge in [0.25, 0.3) is 0 Å². The summed E-state index contributed by atoms with van der Waals surface area (Å²) < 4.78 is 0. The van der Waals surface area contributed by atoms with E-state index in [2.05, 4.69) is 31.0 Å². The molecule has 1 aliphatic rings. The Hall–Kier alpha value is -2.72. The molecule has 2 atom stereocenters. The number of benzene rings is 1. The Morgan fingerprint density at radius 3 is 2.57 bits per heavy atom. The monoisotopic (exact) mass is 442 g/mol. The summed E-state index contributed by atoms with van der Waals surface area (Å²) >= 11 is 2.89. The Bertz CT molecular complexity index is 1020. The van der Waals surface area contributed by atoms with Gasteiger partial charge in [0.15, 0.2) is 0 Å². The number of anilines is 2. The van der Waals surface area contributed by atoms with Crippen molar-refractivity contribution in [1.82, 2.24) is 20.4 Å². The van der Waals surface area contributed by atoms with Crippen molar-refractivity contribution in [3.63, 3.8) is 0 Å². The minimum Gasteiger partial charge on any atom is -0.301 e. The summed E-state index contributed by atoms with van der Waals surface area (Å²) in [5.41, 5.74) is 0.968. The normalized spacial score (nSPS) is 18.3. The zero-order valence-electron chi connectivity index (χ0n) is 16.5. The van der Waals surface area contributed by atoms with Gasteiger partial charge in [-0.3, -0.25) is 9.59 Å². The Labute approximate surface area is 182 Å². The number of hydrogen-bond acceptors (Lipinski definition) is 8. The van der Waals surface area contributed by atoms with Gasteiger partial charge < -0.3 is 10.6 Å². The molecule has 1 fully saturated rings. The van der Waals surface area contributed by atoms with E-state index in [1.807, 2.05) is 30.3 Å². The third-order valence-corrected chi connectivity index (χ3v) is 6.86. The van der Waals surface area contributed by atoms with Crippen molar-refractivity contribution < 1.29 is 9.59 Å². The lowest BCUT2D eigenvalue weighted by atomic mass is 10.0. The van der Waals surface area contributed by atoms with E-state index < -0.39 is 0 Å². The topological polar surface area (TPSA) is 110 Å². The zero-order valence-corrected chi connectivity index (χ0v) is 18.1. The van der Waals surface area contributed by atoms with E-state index in [1.165, 1.54) is 29.6 Å². The van der Waals surface area contributed by atoms with Crippen molar-refractivity contribution >= 4 is 44.8 Å². The van der Waals surface area contributed by atoms with Crippen LogP contribution in [0.4, 0.5) is 10.3 Å². The molecule has 0 saturated heterocycles. The maximum absolute atomic E-state index is 12.2. The van der Waals surface area contributed by atoms with Crippen molar-refractivity contribution in [2.75, 3.05) is 10.6 Å². The Morgan fingerprint density at radius 1 is 1.00 bits per heavy atom. The van der Waals surface area contributed by atoms with Gasteiger partial charge in [0.05, 0.1) is 6.42 Å². The average Bonchev–Trinajstić information content (AvgIpc) is 3.44. The molecule has 0 spiro atoms. The van der Waals surface area contributed by atoms with Crippen LogP contribution in [0.1, 0.15) is 47.7 Å². The van der Waals surface area contributed by atoms with Crippen LogP contribution in [-0.2, 0) is 22.4 Å². The number of nitrogens with zero attached hydrogens (tertiary/aromatic N) is 4. The fraction of sp³-hybridized carbons (Fsp3) is 0.400. The van der Waals surface area contributed by atoms with Gasteiger partial charge in [-0.1, -0.05) is 53.0 Å². The standard InChI is InChI=1S/C20H22N6O2S2/c1-12(27)21-19-26-24-18(30-19)15-8-7-14(9-15)11-17-23-25-20(29-17)22-16(28)10-13-5-3-2-4-6-13/h2-6,14-15H,7-11H2,1H3,(H,21,26,27)(H,22,25,28)/t14?,15-/m1/s1. The smallest absolute Gasteiger partial charge is 0.230 e. The molecule has 1 aromatic carbocycles. The van der Waals surface area contributed by atoms with Gasteiger partial charge in [0.2, 0.25) is 22.1 Å². The summed E-state index contributed by atoms with van der Waals surface area (Å²) in [5, 5.41) is 25.2. The maximum atomic E-state index is 12.2. The molecule has 8 nitrogen and oxygen atoms in total. The van der Waals surface area contributed by atoms with Crippen LogP contribution in [0, 0.1) is 5.92 Å². The summed E-state index contributed by atoms with van der Waals surface area (Å²) in [5.74, 6) is 0.651. The second kappa shape index (κ2) is 9.40. The van der Waals surface area contributed by atoms with E-state index in [4.69, 9.17) is 0 Å². The molecule has 2 amide bonds. The van der Waals surface area contributed by atoms with Crippen molar-refractivity contribution in [3.05, 3.63) is 45.9 Å². The second-order valence-electron chi connectivity index (χ2n) is 7.42. The van der Waals surface area contributed by atoms with Crippen LogP contribution in [-0.4, -0.2) is 32.2 Å². The summed E-state index contributed by atoms with van der Waals surface area (Å²) in [7, 11) is 0. The molecule has 156 valence electrons. The minimum atomic E-state index is -0.134. The first-order valence-electron chi connectivity index (χ1n) is 9.82. The molecule has 2 aromatic heterocycles. The van der Waals surface area contributed by atoms with Crippen LogP contribution >= 0.6 is 22.7 Å². The van der Waals surface area contributed by atoms with Gasteiger partial charge in [0.1, 0.15) is 10.0 Å². The van der Waals surface area contributed by atoms with E-state index in [0.29, 0.717) is 28.5 Å². The Morgan fingerprint density at radius 2 is 1.77 bits per heavy atom. The number of amides is 2. The third kappa shape index (κ3) is 5.45. The fourth-order valence-electron chi connectivity index (χ4n) is 3.66. The molecule has 4 rings (SSSR count). The van der Waals surface area contributed by atoms with E-state index in [-0.39, 0.29) is 11.8 Å². The average molecular weight is 443 g/mol. The summed E-state index contributed by atoms with van der Waals surface area (Å²) in [6.07, 6.45) is 4.33. The van der Waals surface area contributed by atoms with Gasteiger partial charge in [-0.05, 0) is 30.7 Å². The molecule has 0 radical (unpaired) electrons. The van der Waals surface area contributed by atoms with Gasteiger partial charge in [-0.2, -0.15) is 0 Å². The molecule has 0 bridgehead atoms. The molecule has 3 aromatic rings. The van der Waals surface area contributed by atoms with Crippen LogP contribution in [0.25, 0.3) is 0 Å². The molecular formula is C20H22N6O2S2. The van der Waals surface area contributed by atoms with Crippen molar-refractivity contribution in [2.24, 2.45) is 5.92 Å². The van der Waals surface area contributed by atoms with E-state index in [0.717, 1.165) is 41.3 Å². The van der Waals surface area contributed by atoms with Crippen LogP contribution in [0.2, 0.25) is 0 Å². The van der Waals surface area contributed by atoms with Gasteiger partial charge in [-0.15, -0.1) is 20.4 Å². The lowest BCUT2D eigenvalue weighted by Gasteiger charge is -2.06. The predicted octanol–water partition coefficient (Wildman–Crippen LogP) is 3.66. The molecule has 1 aliphatic carbocycles. The first kappa shape index (κ1) is 20.5. The van der Waals surface area contributed by atoms with Crippen LogP contribution in [0.5, 0.6) is 0 Å². The third-order valence-electron chi connectivity index (χ3n) is 5.00. The van der Waals surface area contributed by atoms with Crippen molar-refractivity contribution in [1.29, 1.82) is 0 Å². The highest BCUT2D eigenvalue weighted by atomic mass is 32.1. The number of nitrogens with one attached hydrogen (secondary N) is 2. The van der Waals surface area contributed by atoms with E-state index >= 15 is 0 Å². The van der Waals surface area contributed by atoms with Gasteiger partial charge in [-0.25, -0.2) is 0 Å². The molecule has 2 heterocycles. The van der Waals surface area contributed by atoms with Crippen molar-refractivity contribution in [2.45, 2.75) is 44.9 Å². The van der Waals surface area contributed by atoms with E-state index in [1.54, 1.807) is 0 Å². The second-order valence-corrected chi connectivity index (χ2v) is 9.49. The quantitative estimate of drug-likeness (QED) is 0.578. The van der Waals surface area contributed by atoms with Crippen LogP contribution in [0.3, 0.4) is 0 Å². The summed E-state index contributed by atoms with van der Waals surface area (Å²) in [6, 6.07) is 9.63. The van der Waals surface area contributed by atoms with E-state index in [9.17, 15) is 9.59 Å². The Balaban J connectivity index is 1.27. The first-order valence-corrected chi connectivity index (χ1v) is 11.5. The van der Waals surface area contributed by atoms with Crippen molar-refractivity contribution in [3.8, 4) is 0 Å². The summed E-state index contributed by atoms with van der Waals surface area (Å²) in [4.78, 5) is 23.3. The summed E-state index contributed by atoms with van der Waals surface area (Å²) in [6.45, 7) is 1.47. The number of hydrogen-bond donors (Lipinski definition) is 2. The lowest BCUT2D eigenvalue weighted by molar-refractivity contribution is -0.116. The molecule has 1 unspecified atom stereocenters. The molecule has 10 heteroatoms. The highest BCUT2D eigenvalue weighted by Gasteiger charge is 2.29. The first-order chi connectivity index (χ1) is 14.5.